The summed E-state index contributed by atoms with van der Waals surface area (Å²) in [5.41, 5.74) is 4.90. The summed E-state index contributed by atoms with van der Waals surface area (Å²) in [5, 5.41) is 0.890. The summed E-state index contributed by atoms with van der Waals surface area (Å²) < 4.78 is 32.7. The fourth-order valence-corrected chi connectivity index (χ4v) is 5.56. The number of esters is 1. The number of carbonyl (C=O) groups is 2. The Kier molecular flexibility index (Phi) is 6.27. The SMILES string of the molecule is COC(=O)c1ccc2[nH]c3c(c2c1)CN(C(=O)CCNS(=O)(=O)c1cc(C)ccc1C)CC3. The molecule has 0 aliphatic carbocycles. The van der Waals surface area contributed by atoms with E-state index in [1.807, 2.05) is 19.1 Å². The molecule has 0 fully saturated rings. The second kappa shape index (κ2) is 8.99. The van der Waals surface area contributed by atoms with E-state index in [0.29, 0.717) is 30.6 Å². The molecule has 9 heteroatoms. The van der Waals surface area contributed by atoms with Crippen molar-refractivity contribution in [3.63, 3.8) is 0 Å². The number of aryl methyl sites for hydroxylation is 2. The lowest BCUT2D eigenvalue weighted by molar-refractivity contribution is -0.131. The van der Waals surface area contributed by atoms with E-state index in [0.717, 1.165) is 27.7 Å². The molecule has 1 aliphatic heterocycles. The van der Waals surface area contributed by atoms with Gasteiger partial charge in [-0.2, -0.15) is 0 Å². The Morgan fingerprint density at radius 3 is 2.70 bits per heavy atom. The Morgan fingerprint density at radius 1 is 1.15 bits per heavy atom. The van der Waals surface area contributed by atoms with Crippen LogP contribution in [-0.4, -0.2) is 50.4 Å². The van der Waals surface area contributed by atoms with Gasteiger partial charge in [-0.15, -0.1) is 0 Å². The van der Waals surface area contributed by atoms with E-state index in [2.05, 4.69) is 9.71 Å². The van der Waals surface area contributed by atoms with Crippen LogP contribution in [0.5, 0.6) is 0 Å². The van der Waals surface area contributed by atoms with Gasteiger partial charge in [0.25, 0.3) is 0 Å². The molecular formula is C24H27N3O5S. The van der Waals surface area contributed by atoms with Gasteiger partial charge in [0.05, 0.1) is 17.6 Å². The fraction of sp³-hybridized carbons (Fsp3) is 0.333. The summed E-state index contributed by atoms with van der Waals surface area (Å²) in [6.07, 6.45) is 0.729. The number of amides is 1. The van der Waals surface area contributed by atoms with Crippen LogP contribution in [0.2, 0.25) is 0 Å². The predicted octanol–water partition coefficient (Wildman–Crippen LogP) is 2.82. The number of aromatic amines is 1. The van der Waals surface area contributed by atoms with E-state index in [-0.39, 0.29) is 23.8 Å². The number of fused-ring (bicyclic) bond motifs is 3. The van der Waals surface area contributed by atoms with Crippen LogP contribution in [0.1, 0.15) is 39.2 Å². The van der Waals surface area contributed by atoms with Gasteiger partial charge in [-0.3, -0.25) is 4.79 Å². The standard InChI is InChI=1S/C24H27N3O5S/c1-15-4-5-16(2)22(12-15)33(30,31)25-10-8-23(28)27-11-9-21-19(14-27)18-13-17(24(29)32-3)6-7-20(18)26-21/h4-7,12-13,25-26H,8-11,14H2,1-3H3. The van der Waals surface area contributed by atoms with Crippen molar-refractivity contribution < 1.29 is 22.7 Å². The van der Waals surface area contributed by atoms with E-state index in [9.17, 15) is 18.0 Å². The highest BCUT2D eigenvalue weighted by Crippen LogP contribution is 2.29. The summed E-state index contributed by atoms with van der Waals surface area (Å²) in [5.74, 6) is -0.533. The Bertz CT molecular complexity index is 1340. The van der Waals surface area contributed by atoms with Crippen LogP contribution in [0.3, 0.4) is 0 Å². The zero-order chi connectivity index (χ0) is 23.8. The molecule has 2 N–H and O–H groups in total. The molecule has 0 saturated carbocycles. The highest BCUT2D eigenvalue weighted by atomic mass is 32.2. The quantitative estimate of drug-likeness (QED) is 0.540. The minimum absolute atomic E-state index is 0.0261. The number of aromatic nitrogens is 1. The lowest BCUT2D eigenvalue weighted by Crippen LogP contribution is -2.38. The van der Waals surface area contributed by atoms with Crippen LogP contribution >= 0.6 is 0 Å². The molecular weight excluding hydrogens is 442 g/mol. The number of H-pyrrole nitrogens is 1. The molecule has 33 heavy (non-hydrogen) atoms. The molecule has 2 aromatic carbocycles. The predicted molar refractivity (Wildman–Crippen MR) is 124 cm³/mol. The molecule has 3 aromatic rings. The molecule has 0 unspecified atom stereocenters. The minimum Gasteiger partial charge on any atom is -0.465 e. The monoisotopic (exact) mass is 469 g/mol. The molecule has 8 nitrogen and oxygen atoms in total. The third-order valence-corrected chi connectivity index (χ3v) is 7.62. The van der Waals surface area contributed by atoms with Crippen LogP contribution in [0.4, 0.5) is 0 Å². The lowest BCUT2D eigenvalue weighted by Gasteiger charge is -2.27. The maximum atomic E-state index is 12.8. The molecule has 1 amide bonds. The number of hydrogen-bond acceptors (Lipinski definition) is 5. The number of nitrogens with one attached hydrogen (secondary N) is 2. The van der Waals surface area contributed by atoms with E-state index in [1.54, 1.807) is 36.1 Å². The van der Waals surface area contributed by atoms with E-state index < -0.39 is 16.0 Å². The number of methoxy groups -OCH3 is 1. The smallest absolute Gasteiger partial charge is 0.337 e. The van der Waals surface area contributed by atoms with Gasteiger partial charge in [0.1, 0.15) is 0 Å². The van der Waals surface area contributed by atoms with Crippen molar-refractivity contribution >= 4 is 32.8 Å². The first-order valence-corrected chi connectivity index (χ1v) is 12.2. The Morgan fingerprint density at radius 2 is 1.94 bits per heavy atom. The van der Waals surface area contributed by atoms with Gasteiger partial charge in [0.2, 0.25) is 15.9 Å². The van der Waals surface area contributed by atoms with Crippen LogP contribution < -0.4 is 4.72 Å². The number of sulfonamides is 1. The van der Waals surface area contributed by atoms with E-state index >= 15 is 0 Å². The van der Waals surface area contributed by atoms with Gasteiger partial charge >= 0.3 is 5.97 Å². The van der Waals surface area contributed by atoms with Crippen molar-refractivity contribution in [2.24, 2.45) is 0 Å². The molecule has 1 aliphatic rings. The minimum atomic E-state index is -3.69. The van der Waals surface area contributed by atoms with Crippen LogP contribution in [0.15, 0.2) is 41.3 Å². The molecule has 1 aromatic heterocycles. The topological polar surface area (TPSA) is 109 Å². The number of nitrogens with zero attached hydrogens (tertiary/aromatic N) is 1. The highest BCUT2D eigenvalue weighted by molar-refractivity contribution is 7.89. The number of rotatable bonds is 6. The maximum Gasteiger partial charge on any atom is 0.337 e. The van der Waals surface area contributed by atoms with Crippen molar-refractivity contribution in [1.82, 2.24) is 14.6 Å². The zero-order valence-electron chi connectivity index (χ0n) is 18.9. The largest absolute Gasteiger partial charge is 0.465 e. The molecule has 0 bridgehead atoms. The summed E-state index contributed by atoms with van der Waals surface area (Å²) in [7, 11) is -2.35. The molecule has 0 atom stereocenters. The van der Waals surface area contributed by atoms with E-state index in [1.165, 1.54) is 7.11 Å². The zero-order valence-corrected chi connectivity index (χ0v) is 19.7. The van der Waals surface area contributed by atoms with Crippen molar-refractivity contribution in [3.8, 4) is 0 Å². The number of ether oxygens (including phenoxy) is 1. The van der Waals surface area contributed by atoms with Gasteiger partial charge in [0.15, 0.2) is 0 Å². The molecule has 2 heterocycles. The Labute approximate surface area is 193 Å². The molecule has 0 saturated heterocycles. The van der Waals surface area contributed by atoms with Crippen LogP contribution in [0.25, 0.3) is 10.9 Å². The first kappa shape index (κ1) is 23.0. The third kappa shape index (κ3) is 4.65. The first-order chi connectivity index (χ1) is 15.7. The van der Waals surface area contributed by atoms with Gasteiger partial charge < -0.3 is 14.6 Å². The van der Waals surface area contributed by atoms with Crippen molar-refractivity contribution in [3.05, 3.63) is 64.3 Å². The normalized spacial score (nSPS) is 13.7. The second-order valence-corrected chi connectivity index (χ2v) is 10.1. The average Bonchev–Trinajstić information content (AvgIpc) is 3.16. The highest BCUT2D eigenvalue weighted by Gasteiger charge is 2.25. The Hall–Kier alpha value is -3.17. The molecule has 4 rings (SSSR count). The summed E-state index contributed by atoms with van der Waals surface area (Å²) >= 11 is 0. The third-order valence-electron chi connectivity index (χ3n) is 6.01. The van der Waals surface area contributed by atoms with Crippen molar-refractivity contribution in [2.75, 3.05) is 20.2 Å². The summed E-state index contributed by atoms with van der Waals surface area (Å²) in [6.45, 7) is 4.57. The first-order valence-electron chi connectivity index (χ1n) is 10.8. The van der Waals surface area contributed by atoms with Crippen molar-refractivity contribution in [1.29, 1.82) is 0 Å². The second-order valence-electron chi connectivity index (χ2n) is 8.32. The maximum absolute atomic E-state index is 12.8. The Balaban J connectivity index is 1.43. The van der Waals surface area contributed by atoms with Gasteiger partial charge in [-0.05, 0) is 49.2 Å². The van der Waals surface area contributed by atoms with Gasteiger partial charge in [-0.1, -0.05) is 12.1 Å². The van der Waals surface area contributed by atoms with Gasteiger partial charge in [-0.25, -0.2) is 17.9 Å². The molecule has 174 valence electrons. The summed E-state index contributed by atoms with van der Waals surface area (Å²) in [6, 6.07) is 10.6. The number of benzene rings is 2. The molecule has 0 radical (unpaired) electrons. The summed E-state index contributed by atoms with van der Waals surface area (Å²) in [4.78, 5) is 30.1. The van der Waals surface area contributed by atoms with Crippen LogP contribution in [-0.2, 0) is 32.5 Å². The average molecular weight is 470 g/mol. The molecule has 0 spiro atoms. The van der Waals surface area contributed by atoms with E-state index in [4.69, 9.17) is 4.74 Å². The van der Waals surface area contributed by atoms with Crippen LogP contribution in [0, 0.1) is 13.8 Å². The fourth-order valence-electron chi connectivity index (χ4n) is 4.20. The number of hydrogen-bond donors (Lipinski definition) is 2. The van der Waals surface area contributed by atoms with Crippen molar-refractivity contribution in [2.45, 2.75) is 38.1 Å². The van der Waals surface area contributed by atoms with Gasteiger partial charge in [0, 0.05) is 54.6 Å². The lowest BCUT2D eigenvalue weighted by atomic mass is 10.0. The number of carbonyl (C=O) groups excluding carboxylic acids is 2.